The van der Waals surface area contributed by atoms with E-state index in [0.29, 0.717) is 22.3 Å². The molecule has 1 aromatic rings. The largest absolute Gasteiger partial charge is 0.330 e. The summed E-state index contributed by atoms with van der Waals surface area (Å²) in [4.78, 5) is 11.2. The number of rotatable bonds is 3. The van der Waals surface area contributed by atoms with Crippen molar-refractivity contribution in [3.05, 3.63) is 28.2 Å². The van der Waals surface area contributed by atoms with E-state index in [4.69, 9.17) is 28.9 Å². The number of hydrogen-bond donors (Lipinski definition) is 2. The Balaban J connectivity index is 2.71. The standard InChI is InChI=1S/C9H10Cl2N2O/c10-6-3-7(11)5-8(4-6)13-9(14)1-2-12/h3-5H,1-2,12H2,(H,13,14). The Bertz CT molecular complexity index is 321. The van der Waals surface area contributed by atoms with Crippen molar-refractivity contribution >= 4 is 34.8 Å². The highest BCUT2D eigenvalue weighted by Crippen LogP contribution is 2.22. The van der Waals surface area contributed by atoms with Crippen LogP contribution in [0.1, 0.15) is 6.42 Å². The van der Waals surface area contributed by atoms with E-state index in [1.807, 2.05) is 0 Å². The summed E-state index contributed by atoms with van der Waals surface area (Å²) in [5.41, 5.74) is 5.81. The number of amides is 1. The van der Waals surface area contributed by atoms with Gasteiger partial charge in [0.1, 0.15) is 0 Å². The summed E-state index contributed by atoms with van der Waals surface area (Å²) < 4.78 is 0. The number of benzene rings is 1. The topological polar surface area (TPSA) is 55.1 Å². The van der Waals surface area contributed by atoms with Crippen LogP contribution in [0.3, 0.4) is 0 Å². The zero-order valence-electron chi connectivity index (χ0n) is 7.39. The van der Waals surface area contributed by atoms with Crippen molar-refractivity contribution in [3.8, 4) is 0 Å². The van der Waals surface area contributed by atoms with E-state index >= 15 is 0 Å². The number of anilines is 1. The molecule has 0 spiro atoms. The van der Waals surface area contributed by atoms with Crippen molar-refractivity contribution in [2.45, 2.75) is 6.42 Å². The molecule has 5 heteroatoms. The predicted molar refractivity (Wildman–Crippen MR) is 58.8 cm³/mol. The van der Waals surface area contributed by atoms with Gasteiger partial charge in [0.25, 0.3) is 0 Å². The normalized spacial score (nSPS) is 9.93. The van der Waals surface area contributed by atoms with Crippen LogP contribution in [-0.4, -0.2) is 12.5 Å². The molecule has 0 aliphatic rings. The van der Waals surface area contributed by atoms with Gasteiger partial charge in [0.15, 0.2) is 0 Å². The van der Waals surface area contributed by atoms with E-state index < -0.39 is 0 Å². The summed E-state index contributed by atoms with van der Waals surface area (Å²) >= 11 is 11.5. The van der Waals surface area contributed by atoms with E-state index in [-0.39, 0.29) is 12.3 Å². The summed E-state index contributed by atoms with van der Waals surface area (Å²) in [5.74, 6) is -0.147. The summed E-state index contributed by atoms with van der Waals surface area (Å²) in [6, 6.07) is 4.85. The molecule has 0 radical (unpaired) electrons. The average molecular weight is 233 g/mol. The van der Waals surface area contributed by atoms with Crippen LogP contribution in [0, 0.1) is 0 Å². The van der Waals surface area contributed by atoms with Crippen molar-refractivity contribution < 1.29 is 4.79 Å². The van der Waals surface area contributed by atoms with Crippen molar-refractivity contribution in [3.63, 3.8) is 0 Å². The Kier molecular flexibility index (Phi) is 4.20. The summed E-state index contributed by atoms with van der Waals surface area (Å²) in [6.45, 7) is 0.320. The van der Waals surface area contributed by atoms with Gasteiger partial charge in [-0.05, 0) is 18.2 Å². The first-order valence-corrected chi connectivity index (χ1v) is 4.83. The third kappa shape index (κ3) is 3.54. The molecule has 1 rings (SSSR count). The predicted octanol–water partition coefficient (Wildman–Crippen LogP) is 2.28. The highest BCUT2D eigenvalue weighted by atomic mass is 35.5. The molecule has 0 atom stereocenters. The lowest BCUT2D eigenvalue weighted by atomic mass is 10.3. The third-order valence-electron chi connectivity index (χ3n) is 1.52. The Morgan fingerprint density at radius 1 is 1.29 bits per heavy atom. The molecule has 1 amide bonds. The van der Waals surface area contributed by atoms with E-state index in [0.717, 1.165) is 0 Å². The minimum Gasteiger partial charge on any atom is -0.330 e. The van der Waals surface area contributed by atoms with E-state index in [1.165, 1.54) is 0 Å². The van der Waals surface area contributed by atoms with Gasteiger partial charge in [0.05, 0.1) is 0 Å². The summed E-state index contributed by atoms with van der Waals surface area (Å²) in [5, 5.41) is 3.61. The second kappa shape index (κ2) is 5.20. The number of carbonyl (C=O) groups excluding carboxylic acids is 1. The van der Waals surface area contributed by atoms with Gasteiger partial charge in [0, 0.05) is 28.7 Å². The van der Waals surface area contributed by atoms with Gasteiger partial charge in [-0.3, -0.25) is 4.79 Å². The van der Waals surface area contributed by atoms with Crippen molar-refractivity contribution in [2.24, 2.45) is 5.73 Å². The van der Waals surface area contributed by atoms with Gasteiger partial charge in [-0.1, -0.05) is 23.2 Å². The maximum Gasteiger partial charge on any atom is 0.225 e. The zero-order chi connectivity index (χ0) is 10.6. The molecule has 3 nitrogen and oxygen atoms in total. The van der Waals surface area contributed by atoms with Gasteiger partial charge in [0.2, 0.25) is 5.91 Å². The van der Waals surface area contributed by atoms with Crippen LogP contribution in [0.4, 0.5) is 5.69 Å². The molecule has 14 heavy (non-hydrogen) atoms. The summed E-state index contributed by atoms with van der Waals surface area (Å²) in [6.07, 6.45) is 0.282. The van der Waals surface area contributed by atoms with Crippen LogP contribution < -0.4 is 11.1 Å². The SMILES string of the molecule is NCCC(=O)Nc1cc(Cl)cc(Cl)c1. The molecule has 0 fully saturated rings. The van der Waals surface area contributed by atoms with E-state index in [2.05, 4.69) is 5.32 Å². The van der Waals surface area contributed by atoms with Gasteiger partial charge >= 0.3 is 0 Å². The second-order valence-corrected chi connectivity index (χ2v) is 3.62. The fourth-order valence-corrected chi connectivity index (χ4v) is 1.51. The Morgan fingerprint density at radius 2 is 1.86 bits per heavy atom. The Morgan fingerprint density at radius 3 is 2.36 bits per heavy atom. The maximum absolute atomic E-state index is 11.2. The molecule has 0 heterocycles. The molecule has 0 bridgehead atoms. The number of nitrogens with two attached hydrogens (primary N) is 1. The fraction of sp³-hybridized carbons (Fsp3) is 0.222. The molecule has 0 aliphatic heterocycles. The highest BCUT2D eigenvalue weighted by molar-refractivity contribution is 6.35. The minimum atomic E-state index is -0.147. The molecule has 3 N–H and O–H groups in total. The first-order chi connectivity index (χ1) is 6.61. The summed E-state index contributed by atoms with van der Waals surface area (Å²) in [7, 11) is 0. The molecule has 1 aromatic carbocycles. The molecule has 0 aliphatic carbocycles. The first kappa shape index (κ1) is 11.3. The van der Waals surface area contributed by atoms with Crippen LogP contribution in [0.5, 0.6) is 0 Å². The van der Waals surface area contributed by atoms with Gasteiger partial charge < -0.3 is 11.1 Å². The molecule has 76 valence electrons. The average Bonchev–Trinajstić information content (AvgIpc) is 2.01. The van der Waals surface area contributed by atoms with E-state index in [1.54, 1.807) is 18.2 Å². The number of carbonyl (C=O) groups is 1. The Hall–Kier alpha value is -0.770. The molecule has 0 saturated heterocycles. The van der Waals surface area contributed by atoms with Crippen LogP contribution in [0.2, 0.25) is 10.0 Å². The fourth-order valence-electron chi connectivity index (χ4n) is 0.981. The van der Waals surface area contributed by atoms with Gasteiger partial charge in [-0.2, -0.15) is 0 Å². The van der Waals surface area contributed by atoms with Crippen LogP contribution in [0.25, 0.3) is 0 Å². The van der Waals surface area contributed by atoms with Crippen LogP contribution in [-0.2, 0) is 4.79 Å². The van der Waals surface area contributed by atoms with E-state index in [9.17, 15) is 4.79 Å². The molecule has 0 saturated carbocycles. The highest BCUT2D eigenvalue weighted by Gasteiger charge is 2.02. The Labute approximate surface area is 92.2 Å². The van der Waals surface area contributed by atoms with Crippen molar-refractivity contribution in [2.75, 3.05) is 11.9 Å². The lowest BCUT2D eigenvalue weighted by molar-refractivity contribution is -0.116. The maximum atomic E-state index is 11.2. The van der Waals surface area contributed by atoms with Crippen LogP contribution in [0.15, 0.2) is 18.2 Å². The number of nitrogens with one attached hydrogen (secondary N) is 1. The lowest BCUT2D eigenvalue weighted by Crippen LogP contribution is -2.16. The lowest BCUT2D eigenvalue weighted by Gasteiger charge is -2.05. The first-order valence-electron chi connectivity index (χ1n) is 4.08. The molecule has 0 unspecified atom stereocenters. The third-order valence-corrected chi connectivity index (χ3v) is 1.95. The monoisotopic (exact) mass is 232 g/mol. The zero-order valence-corrected chi connectivity index (χ0v) is 8.90. The minimum absolute atomic E-state index is 0.147. The number of hydrogen-bond acceptors (Lipinski definition) is 2. The molecular weight excluding hydrogens is 223 g/mol. The molecular formula is C9H10Cl2N2O. The van der Waals surface area contributed by atoms with Gasteiger partial charge in [-0.15, -0.1) is 0 Å². The van der Waals surface area contributed by atoms with Crippen molar-refractivity contribution in [1.82, 2.24) is 0 Å². The van der Waals surface area contributed by atoms with Gasteiger partial charge in [-0.25, -0.2) is 0 Å². The van der Waals surface area contributed by atoms with Crippen LogP contribution >= 0.6 is 23.2 Å². The number of halogens is 2. The molecule has 0 aromatic heterocycles. The second-order valence-electron chi connectivity index (χ2n) is 2.74. The smallest absolute Gasteiger partial charge is 0.225 e. The van der Waals surface area contributed by atoms with Crippen molar-refractivity contribution in [1.29, 1.82) is 0 Å². The quantitative estimate of drug-likeness (QED) is 0.841.